The first kappa shape index (κ1) is 12.5. The number of rotatable bonds is 1. The number of fused-ring (bicyclic) bond motifs is 2. The first-order valence-electron chi connectivity index (χ1n) is 7.13. The Labute approximate surface area is 123 Å². The first-order valence-corrected chi connectivity index (χ1v) is 7.13. The third-order valence-electron chi connectivity index (χ3n) is 4.07. The summed E-state index contributed by atoms with van der Waals surface area (Å²) in [5.74, 6) is 2.44. The highest BCUT2D eigenvalue weighted by molar-refractivity contribution is 5.47. The molecule has 0 saturated carbocycles. The van der Waals surface area contributed by atoms with Crippen molar-refractivity contribution in [1.29, 1.82) is 0 Å². The van der Waals surface area contributed by atoms with E-state index in [1.54, 1.807) is 0 Å². The van der Waals surface area contributed by atoms with Crippen LogP contribution in [0.4, 0.5) is 0 Å². The second-order valence-electron chi connectivity index (χ2n) is 5.60. The molecule has 2 heterocycles. The molecule has 2 N–H and O–H groups in total. The van der Waals surface area contributed by atoms with Crippen molar-refractivity contribution < 1.29 is 14.2 Å². The fraction of sp³-hybridized carbons (Fsp3) is 0.294. The molecule has 0 aromatic heterocycles. The molecule has 4 heteroatoms. The third-order valence-corrected chi connectivity index (χ3v) is 4.07. The molecule has 0 amide bonds. The molecule has 21 heavy (non-hydrogen) atoms. The van der Waals surface area contributed by atoms with E-state index in [4.69, 9.17) is 19.9 Å². The van der Waals surface area contributed by atoms with Gasteiger partial charge >= 0.3 is 0 Å². The van der Waals surface area contributed by atoms with Crippen LogP contribution in [0.5, 0.6) is 17.2 Å². The van der Waals surface area contributed by atoms with Crippen molar-refractivity contribution in [3.8, 4) is 17.2 Å². The van der Waals surface area contributed by atoms with Crippen LogP contribution >= 0.6 is 0 Å². The lowest BCUT2D eigenvalue weighted by Crippen LogP contribution is -2.24. The van der Waals surface area contributed by atoms with Gasteiger partial charge in [0.1, 0.15) is 11.9 Å². The highest BCUT2D eigenvalue weighted by atomic mass is 16.7. The van der Waals surface area contributed by atoms with Gasteiger partial charge in [0.2, 0.25) is 6.79 Å². The van der Waals surface area contributed by atoms with Gasteiger partial charge in [-0.1, -0.05) is 23.8 Å². The van der Waals surface area contributed by atoms with Gasteiger partial charge < -0.3 is 19.9 Å². The van der Waals surface area contributed by atoms with Crippen molar-refractivity contribution in [3.05, 3.63) is 53.1 Å². The van der Waals surface area contributed by atoms with Crippen LogP contribution in [0, 0.1) is 6.92 Å². The summed E-state index contributed by atoms with van der Waals surface area (Å²) in [6.07, 6.45) is 0.709. The van der Waals surface area contributed by atoms with Gasteiger partial charge in [0.15, 0.2) is 11.5 Å². The quantitative estimate of drug-likeness (QED) is 0.873. The zero-order valence-corrected chi connectivity index (χ0v) is 11.8. The Balaban J connectivity index is 1.67. The number of aryl methyl sites for hydroxylation is 1. The minimum absolute atomic E-state index is 0.0101. The lowest BCUT2D eigenvalue weighted by molar-refractivity contribution is 0.160. The number of hydrogen-bond acceptors (Lipinski definition) is 4. The summed E-state index contributed by atoms with van der Waals surface area (Å²) in [7, 11) is 0. The molecular formula is C17H17NO3. The van der Waals surface area contributed by atoms with Gasteiger partial charge in [-0.05, 0) is 30.7 Å². The minimum atomic E-state index is -0.0512. The van der Waals surface area contributed by atoms with Gasteiger partial charge in [-0.3, -0.25) is 0 Å². The van der Waals surface area contributed by atoms with Gasteiger partial charge in [-0.25, -0.2) is 0 Å². The zero-order valence-electron chi connectivity index (χ0n) is 11.8. The molecule has 2 aliphatic rings. The normalized spacial score (nSPS) is 22.6. The number of benzene rings is 2. The largest absolute Gasteiger partial charge is 0.485 e. The predicted molar refractivity (Wildman–Crippen MR) is 78.7 cm³/mol. The average Bonchev–Trinajstić information content (AvgIpc) is 2.95. The van der Waals surface area contributed by atoms with Crippen LogP contribution in [-0.4, -0.2) is 6.79 Å². The molecule has 4 nitrogen and oxygen atoms in total. The average molecular weight is 283 g/mol. The Morgan fingerprint density at radius 3 is 2.71 bits per heavy atom. The van der Waals surface area contributed by atoms with Crippen LogP contribution in [0.3, 0.4) is 0 Å². The van der Waals surface area contributed by atoms with Crippen molar-refractivity contribution in [3.63, 3.8) is 0 Å². The Morgan fingerprint density at radius 1 is 1.00 bits per heavy atom. The molecule has 4 rings (SSSR count). The SMILES string of the molecule is Cc1ccc2c(c1)C(N)CC(c1ccc3c(c1)OCO3)O2. The van der Waals surface area contributed by atoms with Gasteiger partial charge in [-0.15, -0.1) is 0 Å². The van der Waals surface area contributed by atoms with E-state index in [-0.39, 0.29) is 18.9 Å². The summed E-state index contributed by atoms with van der Waals surface area (Å²) >= 11 is 0. The Hall–Kier alpha value is -2.20. The lowest BCUT2D eigenvalue weighted by Gasteiger charge is -2.31. The van der Waals surface area contributed by atoms with Gasteiger partial charge in [0.25, 0.3) is 0 Å². The summed E-state index contributed by atoms with van der Waals surface area (Å²) in [6.45, 7) is 2.35. The van der Waals surface area contributed by atoms with E-state index in [1.807, 2.05) is 30.3 Å². The molecule has 0 aliphatic carbocycles. The Bertz CT molecular complexity index is 698. The van der Waals surface area contributed by atoms with E-state index in [0.717, 1.165) is 34.8 Å². The molecule has 2 atom stereocenters. The minimum Gasteiger partial charge on any atom is -0.485 e. The maximum Gasteiger partial charge on any atom is 0.231 e. The molecular weight excluding hydrogens is 266 g/mol. The molecule has 2 aromatic carbocycles. The van der Waals surface area contributed by atoms with Gasteiger partial charge in [0, 0.05) is 18.0 Å². The zero-order chi connectivity index (χ0) is 14.4. The van der Waals surface area contributed by atoms with Crippen LogP contribution in [-0.2, 0) is 0 Å². The topological polar surface area (TPSA) is 53.7 Å². The first-order chi connectivity index (χ1) is 10.2. The molecule has 0 radical (unpaired) electrons. The molecule has 0 spiro atoms. The van der Waals surface area contributed by atoms with E-state index in [1.165, 1.54) is 5.56 Å². The Morgan fingerprint density at radius 2 is 1.81 bits per heavy atom. The van der Waals surface area contributed by atoms with Gasteiger partial charge in [0.05, 0.1) is 0 Å². The van der Waals surface area contributed by atoms with Crippen molar-refractivity contribution in [1.82, 2.24) is 0 Å². The highest BCUT2D eigenvalue weighted by Crippen LogP contribution is 2.42. The molecule has 2 unspecified atom stereocenters. The molecule has 0 saturated heterocycles. The number of ether oxygens (including phenoxy) is 3. The van der Waals surface area contributed by atoms with Crippen molar-refractivity contribution in [2.45, 2.75) is 25.5 Å². The van der Waals surface area contributed by atoms with Crippen LogP contribution in [0.1, 0.15) is 35.3 Å². The van der Waals surface area contributed by atoms with Crippen LogP contribution < -0.4 is 19.9 Å². The Kier molecular flexibility index (Phi) is 2.79. The number of nitrogens with two attached hydrogens (primary N) is 1. The molecule has 2 aromatic rings. The molecule has 108 valence electrons. The smallest absolute Gasteiger partial charge is 0.231 e. The van der Waals surface area contributed by atoms with Crippen molar-refractivity contribution in [2.75, 3.05) is 6.79 Å². The van der Waals surface area contributed by atoms with E-state index in [2.05, 4.69) is 13.0 Å². The predicted octanol–water partition coefficient (Wildman–Crippen LogP) is 3.25. The van der Waals surface area contributed by atoms with Gasteiger partial charge in [-0.2, -0.15) is 0 Å². The van der Waals surface area contributed by atoms with E-state index < -0.39 is 0 Å². The highest BCUT2D eigenvalue weighted by Gasteiger charge is 2.28. The summed E-state index contributed by atoms with van der Waals surface area (Å²) in [5.41, 5.74) is 9.68. The molecule has 0 bridgehead atoms. The second kappa shape index (κ2) is 4.67. The van der Waals surface area contributed by atoms with E-state index >= 15 is 0 Å². The second-order valence-corrected chi connectivity index (χ2v) is 5.60. The fourth-order valence-corrected chi connectivity index (χ4v) is 2.94. The third kappa shape index (κ3) is 2.12. The summed E-state index contributed by atoms with van der Waals surface area (Å²) < 4.78 is 16.9. The summed E-state index contributed by atoms with van der Waals surface area (Å²) in [6, 6.07) is 12.1. The number of hydrogen-bond donors (Lipinski definition) is 1. The van der Waals surface area contributed by atoms with Crippen molar-refractivity contribution >= 4 is 0 Å². The van der Waals surface area contributed by atoms with Crippen LogP contribution in [0.2, 0.25) is 0 Å². The van der Waals surface area contributed by atoms with E-state index in [0.29, 0.717) is 0 Å². The van der Waals surface area contributed by atoms with E-state index in [9.17, 15) is 0 Å². The molecule has 0 fully saturated rings. The monoisotopic (exact) mass is 283 g/mol. The standard InChI is InChI=1S/C17H17NO3/c1-10-2-4-14-12(6-10)13(18)8-16(21-14)11-3-5-15-17(7-11)20-9-19-15/h2-7,13,16H,8-9,18H2,1H3. The fourth-order valence-electron chi connectivity index (χ4n) is 2.94. The lowest BCUT2D eigenvalue weighted by atomic mass is 9.92. The summed E-state index contributed by atoms with van der Waals surface area (Å²) in [4.78, 5) is 0. The van der Waals surface area contributed by atoms with Crippen LogP contribution in [0.25, 0.3) is 0 Å². The maximum absolute atomic E-state index is 6.32. The van der Waals surface area contributed by atoms with Crippen LogP contribution in [0.15, 0.2) is 36.4 Å². The molecule has 2 aliphatic heterocycles. The maximum atomic E-state index is 6.32. The summed E-state index contributed by atoms with van der Waals surface area (Å²) in [5, 5.41) is 0. The van der Waals surface area contributed by atoms with Crippen molar-refractivity contribution in [2.24, 2.45) is 5.73 Å².